The van der Waals surface area contributed by atoms with Gasteiger partial charge < -0.3 is 14.6 Å². The first kappa shape index (κ1) is 12.5. The second-order valence-corrected chi connectivity index (χ2v) is 4.06. The zero-order valence-corrected chi connectivity index (χ0v) is 10.5. The third kappa shape index (κ3) is 2.81. The van der Waals surface area contributed by atoms with E-state index in [1.165, 1.54) is 0 Å². The summed E-state index contributed by atoms with van der Waals surface area (Å²) >= 11 is 0. The number of benzene rings is 2. The van der Waals surface area contributed by atoms with E-state index in [1.54, 1.807) is 19.2 Å². The summed E-state index contributed by atoms with van der Waals surface area (Å²) in [7, 11) is 1.58. The van der Waals surface area contributed by atoms with Gasteiger partial charge in [-0.1, -0.05) is 18.2 Å². The Morgan fingerprint density at radius 1 is 1.06 bits per heavy atom. The van der Waals surface area contributed by atoms with E-state index in [4.69, 9.17) is 14.6 Å². The molecule has 2 aromatic carbocycles. The van der Waals surface area contributed by atoms with Crippen molar-refractivity contribution in [2.45, 2.75) is 13.5 Å². The van der Waals surface area contributed by atoms with Gasteiger partial charge in [0.2, 0.25) is 0 Å². The van der Waals surface area contributed by atoms with E-state index in [0.29, 0.717) is 11.5 Å². The second kappa shape index (κ2) is 5.56. The van der Waals surface area contributed by atoms with Crippen molar-refractivity contribution in [2.24, 2.45) is 0 Å². The van der Waals surface area contributed by atoms with Crippen LogP contribution in [-0.4, -0.2) is 12.2 Å². The molecule has 1 N–H and O–H groups in total. The molecule has 0 aliphatic carbocycles. The predicted octanol–water partition coefficient (Wildman–Crippen LogP) is 3.29. The number of hydrogen-bond acceptors (Lipinski definition) is 3. The molecule has 0 aromatic heterocycles. The number of aliphatic hydroxyl groups is 1. The van der Waals surface area contributed by atoms with E-state index >= 15 is 0 Å². The van der Waals surface area contributed by atoms with E-state index in [2.05, 4.69) is 0 Å². The Morgan fingerprint density at radius 3 is 2.56 bits per heavy atom. The van der Waals surface area contributed by atoms with Crippen molar-refractivity contribution in [1.29, 1.82) is 0 Å². The Balaban J connectivity index is 2.28. The largest absolute Gasteiger partial charge is 0.493 e. The number of aliphatic hydroxyl groups excluding tert-OH is 1. The van der Waals surface area contributed by atoms with Crippen LogP contribution in [0.4, 0.5) is 0 Å². The van der Waals surface area contributed by atoms with Crippen LogP contribution >= 0.6 is 0 Å². The SMILES string of the molecule is COc1cc(CO)ccc1Oc1cccc(C)c1. The van der Waals surface area contributed by atoms with Gasteiger partial charge in [0.25, 0.3) is 0 Å². The lowest BCUT2D eigenvalue weighted by atomic mass is 10.2. The van der Waals surface area contributed by atoms with Gasteiger partial charge in [0, 0.05) is 0 Å². The Hall–Kier alpha value is -2.00. The molecule has 3 heteroatoms. The molecule has 0 unspecified atom stereocenters. The first-order chi connectivity index (χ1) is 8.72. The van der Waals surface area contributed by atoms with Crippen molar-refractivity contribution >= 4 is 0 Å². The van der Waals surface area contributed by atoms with Crippen LogP contribution in [0.15, 0.2) is 42.5 Å². The predicted molar refractivity (Wildman–Crippen MR) is 70.2 cm³/mol. The zero-order chi connectivity index (χ0) is 13.0. The van der Waals surface area contributed by atoms with Crippen LogP contribution in [0.2, 0.25) is 0 Å². The molecule has 0 aliphatic rings. The third-order valence-electron chi connectivity index (χ3n) is 2.63. The lowest BCUT2D eigenvalue weighted by Crippen LogP contribution is -1.92. The van der Waals surface area contributed by atoms with Crippen LogP contribution in [0.1, 0.15) is 11.1 Å². The van der Waals surface area contributed by atoms with Gasteiger partial charge in [-0.05, 0) is 42.3 Å². The maximum absolute atomic E-state index is 9.08. The normalized spacial score (nSPS) is 10.2. The fraction of sp³-hybridized carbons (Fsp3) is 0.200. The molecule has 2 aromatic rings. The molecule has 0 bridgehead atoms. The summed E-state index contributed by atoms with van der Waals surface area (Å²) in [6.07, 6.45) is 0. The molecule has 94 valence electrons. The molecule has 0 saturated carbocycles. The van der Waals surface area contributed by atoms with Crippen molar-refractivity contribution in [1.82, 2.24) is 0 Å². The van der Waals surface area contributed by atoms with Crippen LogP contribution < -0.4 is 9.47 Å². The van der Waals surface area contributed by atoms with Gasteiger partial charge in [0.1, 0.15) is 5.75 Å². The minimum atomic E-state index is -0.0128. The smallest absolute Gasteiger partial charge is 0.169 e. The van der Waals surface area contributed by atoms with Gasteiger partial charge in [0.15, 0.2) is 11.5 Å². The topological polar surface area (TPSA) is 38.7 Å². The number of aryl methyl sites for hydroxylation is 1. The zero-order valence-electron chi connectivity index (χ0n) is 10.5. The highest BCUT2D eigenvalue weighted by Crippen LogP contribution is 2.32. The van der Waals surface area contributed by atoms with E-state index in [-0.39, 0.29) is 6.61 Å². The molecular formula is C15H16O3. The number of rotatable bonds is 4. The van der Waals surface area contributed by atoms with Crippen molar-refractivity contribution in [3.05, 3.63) is 53.6 Å². The van der Waals surface area contributed by atoms with E-state index in [0.717, 1.165) is 16.9 Å². The first-order valence-corrected chi connectivity index (χ1v) is 5.75. The monoisotopic (exact) mass is 244 g/mol. The molecule has 0 radical (unpaired) electrons. The summed E-state index contributed by atoms with van der Waals surface area (Å²) < 4.78 is 11.0. The molecular weight excluding hydrogens is 228 g/mol. The van der Waals surface area contributed by atoms with Crippen molar-refractivity contribution in [3.63, 3.8) is 0 Å². The minimum absolute atomic E-state index is 0.0128. The van der Waals surface area contributed by atoms with E-state index in [1.807, 2.05) is 37.3 Å². The van der Waals surface area contributed by atoms with Crippen LogP contribution in [0.3, 0.4) is 0 Å². The highest BCUT2D eigenvalue weighted by Gasteiger charge is 2.06. The van der Waals surface area contributed by atoms with Crippen LogP contribution in [0.5, 0.6) is 17.2 Å². The number of methoxy groups -OCH3 is 1. The number of ether oxygens (including phenoxy) is 2. The Morgan fingerprint density at radius 2 is 1.89 bits per heavy atom. The van der Waals surface area contributed by atoms with E-state index < -0.39 is 0 Å². The summed E-state index contributed by atoms with van der Waals surface area (Å²) in [5, 5.41) is 9.08. The van der Waals surface area contributed by atoms with Gasteiger partial charge in [-0.15, -0.1) is 0 Å². The molecule has 0 aliphatic heterocycles. The lowest BCUT2D eigenvalue weighted by Gasteiger charge is -2.11. The van der Waals surface area contributed by atoms with Crippen molar-refractivity contribution in [3.8, 4) is 17.2 Å². The van der Waals surface area contributed by atoms with Gasteiger partial charge in [-0.3, -0.25) is 0 Å². The van der Waals surface area contributed by atoms with E-state index in [9.17, 15) is 0 Å². The van der Waals surface area contributed by atoms with Crippen LogP contribution in [0, 0.1) is 6.92 Å². The first-order valence-electron chi connectivity index (χ1n) is 5.75. The fourth-order valence-electron chi connectivity index (χ4n) is 1.70. The summed E-state index contributed by atoms with van der Waals surface area (Å²) in [5.74, 6) is 2.02. The summed E-state index contributed by atoms with van der Waals surface area (Å²) in [6, 6.07) is 13.2. The molecule has 0 atom stereocenters. The molecule has 3 nitrogen and oxygen atoms in total. The third-order valence-corrected chi connectivity index (χ3v) is 2.63. The van der Waals surface area contributed by atoms with Crippen LogP contribution in [-0.2, 0) is 6.61 Å². The average molecular weight is 244 g/mol. The van der Waals surface area contributed by atoms with Gasteiger partial charge >= 0.3 is 0 Å². The molecule has 18 heavy (non-hydrogen) atoms. The summed E-state index contributed by atoms with van der Waals surface area (Å²) in [6.45, 7) is 2.00. The standard InChI is InChI=1S/C15H16O3/c1-11-4-3-5-13(8-11)18-14-7-6-12(10-16)9-15(14)17-2/h3-9,16H,10H2,1-2H3. The second-order valence-electron chi connectivity index (χ2n) is 4.06. The summed E-state index contributed by atoms with van der Waals surface area (Å²) in [4.78, 5) is 0. The highest BCUT2D eigenvalue weighted by molar-refractivity contribution is 5.45. The van der Waals surface area contributed by atoms with Gasteiger partial charge in [0.05, 0.1) is 13.7 Å². The minimum Gasteiger partial charge on any atom is -0.493 e. The maximum Gasteiger partial charge on any atom is 0.169 e. The molecule has 0 spiro atoms. The Bertz CT molecular complexity index is 535. The Kier molecular flexibility index (Phi) is 3.85. The van der Waals surface area contributed by atoms with Crippen molar-refractivity contribution < 1.29 is 14.6 Å². The molecule has 0 amide bonds. The maximum atomic E-state index is 9.08. The van der Waals surface area contributed by atoms with Crippen molar-refractivity contribution in [2.75, 3.05) is 7.11 Å². The molecule has 0 fully saturated rings. The Labute approximate surface area is 107 Å². The van der Waals surface area contributed by atoms with Crippen LogP contribution in [0.25, 0.3) is 0 Å². The van der Waals surface area contributed by atoms with Gasteiger partial charge in [-0.2, -0.15) is 0 Å². The summed E-state index contributed by atoms with van der Waals surface area (Å²) in [5.41, 5.74) is 1.93. The quantitative estimate of drug-likeness (QED) is 0.897. The lowest BCUT2D eigenvalue weighted by molar-refractivity contribution is 0.280. The molecule has 0 heterocycles. The number of hydrogen-bond donors (Lipinski definition) is 1. The fourth-order valence-corrected chi connectivity index (χ4v) is 1.70. The van der Waals surface area contributed by atoms with Gasteiger partial charge in [-0.25, -0.2) is 0 Å². The molecule has 0 saturated heterocycles. The highest BCUT2D eigenvalue weighted by atomic mass is 16.5. The average Bonchev–Trinajstić information content (AvgIpc) is 2.39. The molecule has 2 rings (SSSR count).